The highest BCUT2D eigenvalue weighted by atomic mass is 16.5. The summed E-state index contributed by atoms with van der Waals surface area (Å²) in [4.78, 5) is 0. The maximum Gasteiger partial charge on any atom is 0.0991 e. The van der Waals surface area contributed by atoms with Gasteiger partial charge in [0.1, 0.15) is 0 Å². The van der Waals surface area contributed by atoms with Crippen molar-refractivity contribution in [3.63, 3.8) is 0 Å². The number of ether oxygens (including phenoxy) is 2. The molecule has 2 nitrogen and oxygen atoms in total. The predicted molar refractivity (Wildman–Crippen MR) is 66.2 cm³/mol. The van der Waals surface area contributed by atoms with Gasteiger partial charge in [-0.05, 0) is 5.56 Å². The first-order chi connectivity index (χ1) is 7.86. The van der Waals surface area contributed by atoms with Gasteiger partial charge in [-0.25, -0.2) is 0 Å². The van der Waals surface area contributed by atoms with Crippen LogP contribution in [-0.4, -0.2) is 19.3 Å². The number of benzene rings is 1. The zero-order chi connectivity index (χ0) is 11.6. The van der Waals surface area contributed by atoms with Crippen LogP contribution in [0.15, 0.2) is 55.6 Å². The number of hydrogen-bond donors (Lipinski definition) is 0. The normalized spacial score (nSPS) is 12.0. The third kappa shape index (κ3) is 4.91. The maximum absolute atomic E-state index is 5.54. The Kier molecular flexibility index (Phi) is 6.23. The largest absolute Gasteiger partial charge is 0.374 e. The highest BCUT2D eigenvalue weighted by molar-refractivity contribution is 5.13. The molecule has 0 saturated carbocycles. The molecule has 0 bridgehead atoms. The van der Waals surface area contributed by atoms with Gasteiger partial charge in [-0.1, -0.05) is 42.5 Å². The van der Waals surface area contributed by atoms with E-state index in [9.17, 15) is 0 Å². The monoisotopic (exact) mass is 218 g/mol. The Hall–Kier alpha value is -1.38. The Morgan fingerprint density at radius 2 is 1.94 bits per heavy atom. The minimum Gasteiger partial charge on any atom is -0.374 e. The van der Waals surface area contributed by atoms with E-state index in [2.05, 4.69) is 13.2 Å². The van der Waals surface area contributed by atoms with Gasteiger partial charge in [0.2, 0.25) is 0 Å². The van der Waals surface area contributed by atoms with Crippen molar-refractivity contribution >= 4 is 0 Å². The van der Waals surface area contributed by atoms with E-state index in [0.717, 1.165) is 5.56 Å². The van der Waals surface area contributed by atoms with E-state index in [0.29, 0.717) is 19.8 Å². The molecule has 0 spiro atoms. The van der Waals surface area contributed by atoms with E-state index in [1.54, 1.807) is 12.2 Å². The van der Waals surface area contributed by atoms with Crippen LogP contribution >= 0.6 is 0 Å². The summed E-state index contributed by atoms with van der Waals surface area (Å²) in [5.74, 6) is 0. The van der Waals surface area contributed by atoms with Crippen molar-refractivity contribution in [3.05, 3.63) is 61.2 Å². The van der Waals surface area contributed by atoms with Crippen LogP contribution in [0.1, 0.15) is 5.56 Å². The second-order valence-corrected chi connectivity index (χ2v) is 3.40. The fourth-order valence-electron chi connectivity index (χ4n) is 1.24. The van der Waals surface area contributed by atoms with Gasteiger partial charge in [-0.3, -0.25) is 0 Å². The zero-order valence-electron chi connectivity index (χ0n) is 9.47. The summed E-state index contributed by atoms with van der Waals surface area (Å²) in [7, 11) is 0. The van der Waals surface area contributed by atoms with Crippen molar-refractivity contribution in [1.29, 1.82) is 0 Å². The van der Waals surface area contributed by atoms with Gasteiger partial charge in [0.05, 0.1) is 25.9 Å². The van der Waals surface area contributed by atoms with Crippen LogP contribution in [0.3, 0.4) is 0 Å². The smallest absolute Gasteiger partial charge is 0.0991 e. The standard InChI is InChI=1S/C14H18O2/c1-3-10-16-14(4-2)12-15-11-13-8-6-5-7-9-13/h3-9,14H,1-2,10-12H2. The molecular formula is C14H18O2. The fourth-order valence-corrected chi connectivity index (χ4v) is 1.24. The topological polar surface area (TPSA) is 18.5 Å². The van der Waals surface area contributed by atoms with E-state index in [-0.39, 0.29) is 6.10 Å². The summed E-state index contributed by atoms with van der Waals surface area (Å²) >= 11 is 0. The molecule has 0 aliphatic heterocycles. The Bertz CT molecular complexity index is 306. The molecule has 1 aromatic carbocycles. The quantitative estimate of drug-likeness (QED) is 0.624. The van der Waals surface area contributed by atoms with Gasteiger partial charge < -0.3 is 9.47 Å². The summed E-state index contributed by atoms with van der Waals surface area (Å²) in [6, 6.07) is 10.1. The molecule has 0 saturated heterocycles. The van der Waals surface area contributed by atoms with Crippen molar-refractivity contribution in [3.8, 4) is 0 Å². The minimum absolute atomic E-state index is 0.0679. The van der Waals surface area contributed by atoms with Crippen LogP contribution in [0.2, 0.25) is 0 Å². The molecule has 0 amide bonds. The van der Waals surface area contributed by atoms with Gasteiger partial charge in [-0.15, -0.1) is 13.2 Å². The molecule has 0 N–H and O–H groups in total. The van der Waals surface area contributed by atoms with E-state index in [1.807, 2.05) is 30.3 Å². The molecule has 0 aliphatic carbocycles. The highest BCUT2D eigenvalue weighted by Crippen LogP contribution is 2.02. The van der Waals surface area contributed by atoms with Gasteiger partial charge >= 0.3 is 0 Å². The van der Waals surface area contributed by atoms with Crippen LogP contribution in [0.25, 0.3) is 0 Å². The SMILES string of the molecule is C=CCOC(C=C)COCc1ccccc1. The van der Waals surface area contributed by atoms with Crippen LogP contribution in [0, 0.1) is 0 Å². The number of hydrogen-bond acceptors (Lipinski definition) is 2. The second kappa shape index (κ2) is 7.85. The molecule has 0 heterocycles. The summed E-state index contributed by atoms with van der Waals surface area (Å²) in [5, 5.41) is 0. The van der Waals surface area contributed by atoms with E-state index < -0.39 is 0 Å². The van der Waals surface area contributed by atoms with Gasteiger partial charge in [0.25, 0.3) is 0 Å². The van der Waals surface area contributed by atoms with Gasteiger partial charge in [0.15, 0.2) is 0 Å². The maximum atomic E-state index is 5.54. The highest BCUT2D eigenvalue weighted by Gasteiger charge is 2.03. The third-order valence-electron chi connectivity index (χ3n) is 2.08. The lowest BCUT2D eigenvalue weighted by molar-refractivity contribution is 0.0130. The first kappa shape index (κ1) is 12.7. The van der Waals surface area contributed by atoms with E-state index in [4.69, 9.17) is 9.47 Å². The molecule has 86 valence electrons. The molecule has 1 unspecified atom stereocenters. The molecule has 1 aromatic rings. The van der Waals surface area contributed by atoms with Crippen LogP contribution < -0.4 is 0 Å². The summed E-state index contributed by atoms with van der Waals surface area (Å²) in [5.41, 5.74) is 1.16. The molecule has 0 aliphatic rings. The lowest BCUT2D eigenvalue weighted by Gasteiger charge is -2.12. The van der Waals surface area contributed by atoms with E-state index >= 15 is 0 Å². The molecule has 0 aromatic heterocycles. The summed E-state index contributed by atoms with van der Waals surface area (Å²) in [6.07, 6.45) is 3.39. The molecular weight excluding hydrogens is 200 g/mol. The first-order valence-corrected chi connectivity index (χ1v) is 5.33. The molecule has 1 atom stereocenters. The Morgan fingerprint density at radius 3 is 2.56 bits per heavy atom. The van der Waals surface area contributed by atoms with Gasteiger partial charge in [-0.2, -0.15) is 0 Å². The molecule has 0 radical (unpaired) electrons. The van der Waals surface area contributed by atoms with Crippen LogP contribution in [-0.2, 0) is 16.1 Å². The third-order valence-corrected chi connectivity index (χ3v) is 2.08. The lowest BCUT2D eigenvalue weighted by Crippen LogP contribution is -2.17. The fraction of sp³-hybridized carbons (Fsp3) is 0.286. The molecule has 16 heavy (non-hydrogen) atoms. The Labute approximate surface area is 97.2 Å². The minimum atomic E-state index is -0.0679. The molecule has 1 rings (SSSR count). The van der Waals surface area contributed by atoms with Crippen molar-refractivity contribution < 1.29 is 9.47 Å². The average Bonchev–Trinajstić information content (AvgIpc) is 2.35. The van der Waals surface area contributed by atoms with Crippen molar-refractivity contribution in [2.75, 3.05) is 13.2 Å². The van der Waals surface area contributed by atoms with Crippen LogP contribution in [0.4, 0.5) is 0 Å². The average molecular weight is 218 g/mol. The summed E-state index contributed by atoms with van der Waals surface area (Å²) in [6.45, 7) is 8.93. The zero-order valence-corrected chi connectivity index (χ0v) is 9.47. The molecule has 0 fully saturated rings. The van der Waals surface area contributed by atoms with Crippen molar-refractivity contribution in [1.82, 2.24) is 0 Å². The Balaban J connectivity index is 2.23. The Morgan fingerprint density at radius 1 is 1.19 bits per heavy atom. The predicted octanol–water partition coefficient (Wildman–Crippen LogP) is 2.96. The van der Waals surface area contributed by atoms with Crippen molar-refractivity contribution in [2.24, 2.45) is 0 Å². The lowest BCUT2D eigenvalue weighted by atomic mass is 10.2. The number of rotatable bonds is 8. The molecule has 2 heteroatoms. The van der Waals surface area contributed by atoms with Gasteiger partial charge in [0, 0.05) is 0 Å². The van der Waals surface area contributed by atoms with Crippen LogP contribution in [0.5, 0.6) is 0 Å². The van der Waals surface area contributed by atoms with Crippen molar-refractivity contribution in [2.45, 2.75) is 12.7 Å². The summed E-state index contributed by atoms with van der Waals surface area (Å²) < 4.78 is 11.0. The first-order valence-electron chi connectivity index (χ1n) is 5.33. The van der Waals surface area contributed by atoms with E-state index in [1.165, 1.54) is 0 Å². The second-order valence-electron chi connectivity index (χ2n) is 3.40.